The van der Waals surface area contributed by atoms with E-state index in [1.807, 2.05) is 55.5 Å². The summed E-state index contributed by atoms with van der Waals surface area (Å²) in [5.74, 6) is 0.706. The largest absolute Gasteiger partial charge is 0.497 e. The topological polar surface area (TPSA) is 67.4 Å². The molecule has 0 atom stereocenters. The number of anilines is 2. The summed E-state index contributed by atoms with van der Waals surface area (Å²) in [6, 6.07) is 22.0. The zero-order valence-corrected chi connectivity index (χ0v) is 17.1. The number of carbonyl (C=O) groups is 2. The molecule has 6 heteroatoms. The van der Waals surface area contributed by atoms with Gasteiger partial charge >= 0.3 is 0 Å². The van der Waals surface area contributed by atoms with Crippen LogP contribution in [0.5, 0.6) is 5.75 Å². The van der Waals surface area contributed by atoms with E-state index in [0.29, 0.717) is 17.0 Å². The first-order valence-electron chi connectivity index (χ1n) is 9.09. The van der Waals surface area contributed by atoms with Crippen LogP contribution in [0.25, 0.3) is 0 Å². The zero-order chi connectivity index (χ0) is 20.6. The quantitative estimate of drug-likeness (QED) is 0.543. The van der Waals surface area contributed by atoms with Gasteiger partial charge in [-0.2, -0.15) is 0 Å². The molecule has 3 rings (SSSR count). The highest BCUT2D eigenvalue weighted by molar-refractivity contribution is 8.00. The molecule has 0 aliphatic heterocycles. The van der Waals surface area contributed by atoms with Gasteiger partial charge in [0.25, 0.3) is 5.91 Å². The number of carbonyl (C=O) groups excluding carboxylic acids is 2. The van der Waals surface area contributed by atoms with Gasteiger partial charge in [0.1, 0.15) is 5.75 Å². The Labute approximate surface area is 174 Å². The molecular weight excluding hydrogens is 384 g/mol. The normalized spacial score (nSPS) is 10.3. The summed E-state index contributed by atoms with van der Waals surface area (Å²) < 4.78 is 5.11. The molecule has 0 fully saturated rings. The summed E-state index contributed by atoms with van der Waals surface area (Å²) >= 11 is 1.42. The maximum Gasteiger partial charge on any atom is 0.255 e. The van der Waals surface area contributed by atoms with E-state index in [1.165, 1.54) is 11.8 Å². The van der Waals surface area contributed by atoms with Crippen LogP contribution >= 0.6 is 11.8 Å². The third-order valence-corrected chi connectivity index (χ3v) is 5.23. The second kappa shape index (κ2) is 9.80. The molecule has 0 heterocycles. The van der Waals surface area contributed by atoms with Crippen molar-refractivity contribution in [1.29, 1.82) is 0 Å². The Bertz CT molecular complexity index is 1000. The highest BCUT2D eigenvalue weighted by Crippen LogP contribution is 2.23. The lowest BCUT2D eigenvalue weighted by atomic mass is 10.2. The lowest BCUT2D eigenvalue weighted by molar-refractivity contribution is -0.113. The van der Waals surface area contributed by atoms with Gasteiger partial charge in [-0.05, 0) is 61.0 Å². The third-order valence-electron chi connectivity index (χ3n) is 4.23. The number of rotatable bonds is 7. The van der Waals surface area contributed by atoms with Crippen LogP contribution in [0.2, 0.25) is 0 Å². The molecule has 0 spiro atoms. The van der Waals surface area contributed by atoms with Crippen LogP contribution in [0.4, 0.5) is 11.4 Å². The van der Waals surface area contributed by atoms with Crippen molar-refractivity contribution in [2.24, 2.45) is 0 Å². The van der Waals surface area contributed by atoms with E-state index in [9.17, 15) is 9.59 Å². The molecule has 148 valence electrons. The van der Waals surface area contributed by atoms with Crippen molar-refractivity contribution in [3.05, 3.63) is 83.9 Å². The van der Waals surface area contributed by atoms with Gasteiger partial charge in [-0.15, -0.1) is 11.8 Å². The second-order valence-electron chi connectivity index (χ2n) is 6.36. The van der Waals surface area contributed by atoms with Gasteiger partial charge in [0, 0.05) is 21.8 Å². The smallest absolute Gasteiger partial charge is 0.255 e. The molecule has 29 heavy (non-hydrogen) atoms. The Morgan fingerprint density at radius 2 is 1.69 bits per heavy atom. The molecule has 0 radical (unpaired) electrons. The fraction of sp³-hybridized carbons (Fsp3) is 0.130. The average molecular weight is 407 g/mol. The molecule has 0 aliphatic carbocycles. The van der Waals surface area contributed by atoms with E-state index in [2.05, 4.69) is 10.6 Å². The predicted octanol–water partition coefficient (Wildman–Crippen LogP) is 4.99. The Morgan fingerprint density at radius 3 is 2.41 bits per heavy atom. The number of nitrogens with one attached hydrogen (secondary N) is 2. The van der Waals surface area contributed by atoms with Crippen molar-refractivity contribution in [1.82, 2.24) is 0 Å². The summed E-state index contributed by atoms with van der Waals surface area (Å²) in [5.41, 5.74) is 3.06. The fourth-order valence-electron chi connectivity index (χ4n) is 2.66. The summed E-state index contributed by atoms with van der Waals surface area (Å²) in [6.45, 7) is 1.96. The van der Waals surface area contributed by atoms with Crippen molar-refractivity contribution in [3.8, 4) is 5.75 Å². The predicted molar refractivity (Wildman–Crippen MR) is 118 cm³/mol. The maximum absolute atomic E-state index is 12.4. The molecule has 0 bridgehead atoms. The summed E-state index contributed by atoms with van der Waals surface area (Å²) in [5, 5.41) is 5.80. The van der Waals surface area contributed by atoms with E-state index >= 15 is 0 Å². The monoisotopic (exact) mass is 406 g/mol. The van der Waals surface area contributed by atoms with E-state index in [1.54, 1.807) is 31.4 Å². The molecule has 3 aromatic rings. The van der Waals surface area contributed by atoms with Gasteiger partial charge in [-0.1, -0.05) is 24.3 Å². The molecule has 0 unspecified atom stereocenters. The molecule has 0 saturated heterocycles. The minimum Gasteiger partial charge on any atom is -0.497 e. The lowest BCUT2D eigenvalue weighted by Gasteiger charge is -2.09. The summed E-state index contributed by atoms with van der Waals surface area (Å²) in [4.78, 5) is 25.5. The summed E-state index contributed by atoms with van der Waals surface area (Å²) in [7, 11) is 1.58. The van der Waals surface area contributed by atoms with Crippen LogP contribution in [-0.2, 0) is 4.79 Å². The van der Waals surface area contributed by atoms with Crippen LogP contribution in [0, 0.1) is 6.92 Å². The number of methoxy groups -OCH3 is 1. The van der Waals surface area contributed by atoms with Gasteiger partial charge in [-0.25, -0.2) is 0 Å². The summed E-state index contributed by atoms with van der Waals surface area (Å²) in [6.07, 6.45) is 0. The number of hydrogen-bond acceptors (Lipinski definition) is 4. The molecular formula is C23H22N2O3S. The highest BCUT2D eigenvalue weighted by Gasteiger charge is 2.09. The second-order valence-corrected chi connectivity index (χ2v) is 7.41. The lowest BCUT2D eigenvalue weighted by Crippen LogP contribution is -2.14. The van der Waals surface area contributed by atoms with Crippen LogP contribution in [0.3, 0.4) is 0 Å². The molecule has 2 N–H and O–H groups in total. The highest BCUT2D eigenvalue weighted by atomic mass is 32.2. The van der Waals surface area contributed by atoms with E-state index < -0.39 is 0 Å². The maximum atomic E-state index is 12.4. The van der Waals surface area contributed by atoms with E-state index in [-0.39, 0.29) is 17.6 Å². The molecule has 0 aliphatic rings. The van der Waals surface area contributed by atoms with Crippen LogP contribution in [0.1, 0.15) is 15.9 Å². The first-order chi connectivity index (χ1) is 14.0. The van der Waals surface area contributed by atoms with E-state index in [0.717, 1.165) is 16.1 Å². The van der Waals surface area contributed by atoms with Crippen molar-refractivity contribution < 1.29 is 14.3 Å². The molecule has 5 nitrogen and oxygen atoms in total. The number of thioether (sulfide) groups is 1. The zero-order valence-electron chi connectivity index (χ0n) is 16.3. The number of aryl methyl sites for hydroxylation is 1. The molecule has 0 aromatic heterocycles. The average Bonchev–Trinajstić information content (AvgIpc) is 2.74. The molecule has 0 saturated carbocycles. The number of benzene rings is 3. The van der Waals surface area contributed by atoms with E-state index in [4.69, 9.17) is 4.74 Å². The fourth-order valence-corrected chi connectivity index (χ4v) is 3.41. The Balaban J connectivity index is 1.56. The number of hydrogen-bond donors (Lipinski definition) is 2. The van der Waals surface area contributed by atoms with Crippen LogP contribution < -0.4 is 15.4 Å². The minimum atomic E-state index is -0.202. The van der Waals surface area contributed by atoms with Gasteiger partial charge in [0.15, 0.2) is 0 Å². The number of ether oxygens (including phenoxy) is 1. The third kappa shape index (κ3) is 5.86. The van der Waals surface area contributed by atoms with Crippen molar-refractivity contribution in [2.45, 2.75) is 11.8 Å². The SMILES string of the molecule is COc1ccc(C(=O)Nc2cccc(SCC(=O)Nc3ccccc3C)c2)cc1. The van der Waals surface area contributed by atoms with Crippen LogP contribution in [0.15, 0.2) is 77.7 Å². The Kier molecular flexibility index (Phi) is 6.92. The van der Waals surface area contributed by atoms with Gasteiger partial charge in [0.2, 0.25) is 5.91 Å². The molecule has 2 amide bonds. The Morgan fingerprint density at radius 1 is 0.931 bits per heavy atom. The number of amides is 2. The van der Waals surface area contributed by atoms with Crippen molar-refractivity contribution in [2.75, 3.05) is 23.5 Å². The van der Waals surface area contributed by atoms with Gasteiger partial charge < -0.3 is 15.4 Å². The van der Waals surface area contributed by atoms with Crippen LogP contribution in [-0.4, -0.2) is 24.7 Å². The standard InChI is InChI=1S/C23H22N2O3S/c1-16-6-3-4-9-21(16)25-22(26)15-29-20-8-5-7-18(14-20)24-23(27)17-10-12-19(28-2)13-11-17/h3-14H,15H2,1-2H3,(H,24,27)(H,25,26). The first kappa shape index (κ1) is 20.5. The molecule has 3 aromatic carbocycles. The number of para-hydroxylation sites is 1. The first-order valence-corrected chi connectivity index (χ1v) is 10.1. The van der Waals surface area contributed by atoms with Crippen molar-refractivity contribution >= 4 is 35.0 Å². The Hall–Kier alpha value is -3.25. The minimum absolute atomic E-state index is 0.0722. The van der Waals surface area contributed by atoms with Gasteiger partial charge in [-0.3, -0.25) is 9.59 Å². The van der Waals surface area contributed by atoms with Crippen molar-refractivity contribution in [3.63, 3.8) is 0 Å². The van der Waals surface area contributed by atoms with Gasteiger partial charge in [0.05, 0.1) is 12.9 Å².